The van der Waals surface area contributed by atoms with E-state index >= 15 is 0 Å². The average molecular weight is 318 g/mol. The number of rotatable bonds is 3. The van der Waals surface area contributed by atoms with E-state index in [0.29, 0.717) is 6.42 Å². The van der Waals surface area contributed by atoms with E-state index in [-0.39, 0.29) is 5.91 Å². The van der Waals surface area contributed by atoms with Gasteiger partial charge in [0.2, 0.25) is 5.91 Å². The molecule has 0 aromatic heterocycles. The first-order valence-electron chi connectivity index (χ1n) is 6.17. The van der Waals surface area contributed by atoms with Crippen molar-refractivity contribution in [1.29, 1.82) is 0 Å². The van der Waals surface area contributed by atoms with Crippen LogP contribution in [0.2, 0.25) is 0 Å². The van der Waals surface area contributed by atoms with Gasteiger partial charge in [-0.2, -0.15) is 0 Å². The summed E-state index contributed by atoms with van der Waals surface area (Å²) in [5.74, 6) is 0.00468. The second-order valence-electron chi connectivity index (χ2n) is 4.61. The van der Waals surface area contributed by atoms with Crippen LogP contribution in [0.25, 0.3) is 0 Å². The molecular weight excluding hydrogens is 302 g/mol. The molecule has 0 atom stereocenters. The molecular formula is C16H16BrNO. The van der Waals surface area contributed by atoms with Gasteiger partial charge in [0.15, 0.2) is 0 Å². The highest BCUT2D eigenvalue weighted by Gasteiger charge is 2.07. The molecule has 19 heavy (non-hydrogen) atoms. The van der Waals surface area contributed by atoms with E-state index in [1.165, 1.54) is 5.56 Å². The molecule has 0 fully saturated rings. The van der Waals surface area contributed by atoms with E-state index in [1.807, 2.05) is 56.3 Å². The molecule has 0 aliphatic heterocycles. The van der Waals surface area contributed by atoms with Crippen LogP contribution < -0.4 is 5.32 Å². The Kier molecular flexibility index (Phi) is 4.38. The summed E-state index contributed by atoms with van der Waals surface area (Å²) < 4.78 is 1.04. The minimum atomic E-state index is 0.00468. The third kappa shape index (κ3) is 3.67. The average Bonchev–Trinajstić information content (AvgIpc) is 2.38. The van der Waals surface area contributed by atoms with Crippen LogP contribution in [0.15, 0.2) is 46.9 Å². The van der Waals surface area contributed by atoms with Crippen molar-refractivity contribution in [1.82, 2.24) is 0 Å². The fraction of sp³-hybridized carbons (Fsp3) is 0.188. The molecule has 2 aromatic rings. The van der Waals surface area contributed by atoms with Gasteiger partial charge in [0.25, 0.3) is 0 Å². The molecule has 2 aromatic carbocycles. The molecule has 2 nitrogen and oxygen atoms in total. The monoisotopic (exact) mass is 317 g/mol. The van der Waals surface area contributed by atoms with Gasteiger partial charge >= 0.3 is 0 Å². The molecule has 2 rings (SSSR count). The molecule has 0 saturated heterocycles. The number of carbonyl (C=O) groups is 1. The van der Waals surface area contributed by atoms with Crippen LogP contribution in [0.1, 0.15) is 16.7 Å². The van der Waals surface area contributed by atoms with Crippen LogP contribution >= 0.6 is 15.9 Å². The van der Waals surface area contributed by atoms with Crippen molar-refractivity contribution in [2.24, 2.45) is 0 Å². The van der Waals surface area contributed by atoms with Crippen LogP contribution in [-0.2, 0) is 11.2 Å². The molecule has 0 spiro atoms. The van der Waals surface area contributed by atoms with Gasteiger partial charge in [-0.25, -0.2) is 0 Å². The van der Waals surface area contributed by atoms with Crippen molar-refractivity contribution in [2.45, 2.75) is 20.3 Å². The maximum atomic E-state index is 12.0. The number of hydrogen-bond acceptors (Lipinski definition) is 1. The predicted octanol–water partition coefficient (Wildman–Crippen LogP) is 4.25. The first-order valence-corrected chi connectivity index (χ1v) is 6.96. The molecule has 3 heteroatoms. The van der Waals surface area contributed by atoms with Gasteiger partial charge in [-0.15, -0.1) is 0 Å². The number of benzene rings is 2. The fourth-order valence-electron chi connectivity index (χ4n) is 1.86. The molecule has 0 heterocycles. The highest BCUT2D eigenvalue weighted by atomic mass is 79.9. The van der Waals surface area contributed by atoms with Gasteiger partial charge in [0.1, 0.15) is 0 Å². The molecule has 0 aliphatic rings. The van der Waals surface area contributed by atoms with Crippen molar-refractivity contribution < 1.29 is 4.79 Å². The molecule has 1 amide bonds. The summed E-state index contributed by atoms with van der Waals surface area (Å²) >= 11 is 3.48. The Morgan fingerprint density at radius 1 is 1.11 bits per heavy atom. The summed E-state index contributed by atoms with van der Waals surface area (Å²) in [7, 11) is 0. The lowest BCUT2D eigenvalue weighted by Crippen LogP contribution is -2.15. The van der Waals surface area contributed by atoms with Gasteiger partial charge in [-0.05, 0) is 43.2 Å². The van der Waals surface area contributed by atoms with E-state index in [9.17, 15) is 4.79 Å². The largest absolute Gasteiger partial charge is 0.326 e. The highest BCUT2D eigenvalue weighted by Crippen LogP contribution is 2.20. The van der Waals surface area contributed by atoms with E-state index in [0.717, 1.165) is 21.3 Å². The van der Waals surface area contributed by atoms with Gasteiger partial charge in [-0.3, -0.25) is 4.79 Å². The predicted molar refractivity (Wildman–Crippen MR) is 82.4 cm³/mol. The number of hydrogen-bond donors (Lipinski definition) is 1. The van der Waals surface area contributed by atoms with Gasteiger partial charge in [-0.1, -0.05) is 45.8 Å². The first kappa shape index (κ1) is 13.8. The van der Waals surface area contributed by atoms with Crippen LogP contribution in [0.4, 0.5) is 5.69 Å². The van der Waals surface area contributed by atoms with E-state index < -0.39 is 0 Å². The lowest BCUT2D eigenvalue weighted by Gasteiger charge is -2.09. The van der Waals surface area contributed by atoms with Gasteiger partial charge in [0, 0.05) is 10.2 Å². The SMILES string of the molecule is Cc1ccc(NC(=O)Cc2cccc(Br)c2C)cc1. The molecule has 0 aliphatic carbocycles. The summed E-state index contributed by atoms with van der Waals surface area (Å²) in [5.41, 5.74) is 4.17. The zero-order valence-electron chi connectivity index (χ0n) is 11.0. The van der Waals surface area contributed by atoms with E-state index in [1.54, 1.807) is 0 Å². The zero-order chi connectivity index (χ0) is 13.8. The molecule has 0 saturated carbocycles. The zero-order valence-corrected chi connectivity index (χ0v) is 12.6. The minimum absolute atomic E-state index is 0.00468. The van der Waals surface area contributed by atoms with Crippen LogP contribution in [0.3, 0.4) is 0 Å². The lowest BCUT2D eigenvalue weighted by molar-refractivity contribution is -0.115. The summed E-state index contributed by atoms with van der Waals surface area (Å²) in [6.45, 7) is 4.04. The maximum absolute atomic E-state index is 12.0. The number of anilines is 1. The Bertz CT molecular complexity index is 590. The topological polar surface area (TPSA) is 29.1 Å². The van der Waals surface area contributed by atoms with Crippen molar-refractivity contribution in [3.05, 3.63) is 63.6 Å². The maximum Gasteiger partial charge on any atom is 0.228 e. The third-order valence-electron chi connectivity index (χ3n) is 3.07. The normalized spacial score (nSPS) is 10.3. The van der Waals surface area contributed by atoms with Crippen LogP contribution in [0, 0.1) is 13.8 Å². The van der Waals surface area contributed by atoms with Crippen LogP contribution in [-0.4, -0.2) is 5.91 Å². The van der Waals surface area contributed by atoms with E-state index in [2.05, 4.69) is 21.2 Å². The molecule has 98 valence electrons. The number of aryl methyl sites for hydroxylation is 1. The lowest BCUT2D eigenvalue weighted by atomic mass is 10.1. The molecule has 0 unspecified atom stereocenters. The standard InChI is InChI=1S/C16H16BrNO/c1-11-6-8-14(9-7-11)18-16(19)10-13-4-3-5-15(17)12(13)2/h3-9H,10H2,1-2H3,(H,18,19). The van der Waals surface area contributed by atoms with Crippen molar-refractivity contribution >= 4 is 27.5 Å². The molecule has 0 bridgehead atoms. The Hall–Kier alpha value is -1.61. The van der Waals surface area contributed by atoms with Crippen molar-refractivity contribution in [2.75, 3.05) is 5.32 Å². The smallest absolute Gasteiger partial charge is 0.228 e. The van der Waals surface area contributed by atoms with Crippen LogP contribution in [0.5, 0.6) is 0 Å². The summed E-state index contributed by atoms with van der Waals surface area (Å²) in [6, 6.07) is 13.7. The van der Waals surface area contributed by atoms with E-state index in [4.69, 9.17) is 0 Å². The second-order valence-corrected chi connectivity index (χ2v) is 5.47. The van der Waals surface area contributed by atoms with Gasteiger partial charge < -0.3 is 5.32 Å². The molecule has 1 N–H and O–H groups in total. The van der Waals surface area contributed by atoms with Crippen molar-refractivity contribution in [3.63, 3.8) is 0 Å². The number of nitrogens with one attached hydrogen (secondary N) is 1. The Labute approximate surface area is 122 Å². The highest BCUT2D eigenvalue weighted by molar-refractivity contribution is 9.10. The summed E-state index contributed by atoms with van der Waals surface area (Å²) in [5, 5.41) is 2.91. The number of halogens is 1. The minimum Gasteiger partial charge on any atom is -0.326 e. The Morgan fingerprint density at radius 2 is 1.79 bits per heavy atom. The fourth-order valence-corrected chi connectivity index (χ4v) is 2.27. The second kappa shape index (κ2) is 6.02. The quantitative estimate of drug-likeness (QED) is 0.901. The third-order valence-corrected chi connectivity index (χ3v) is 3.93. The number of amides is 1. The Balaban J connectivity index is 2.05. The Morgan fingerprint density at radius 3 is 2.47 bits per heavy atom. The summed E-state index contributed by atoms with van der Waals surface area (Å²) in [4.78, 5) is 12.0. The van der Waals surface area contributed by atoms with Crippen molar-refractivity contribution in [3.8, 4) is 0 Å². The number of carbonyl (C=O) groups excluding carboxylic acids is 1. The van der Waals surface area contributed by atoms with Gasteiger partial charge in [0.05, 0.1) is 6.42 Å². The first-order chi connectivity index (χ1) is 9.06. The summed E-state index contributed by atoms with van der Waals surface area (Å²) in [6.07, 6.45) is 0.388. The molecule has 0 radical (unpaired) electrons.